The van der Waals surface area contributed by atoms with Crippen molar-refractivity contribution in [3.63, 3.8) is 0 Å². The van der Waals surface area contributed by atoms with Gasteiger partial charge in [0.25, 0.3) is 0 Å². The van der Waals surface area contributed by atoms with Crippen LogP contribution < -0.4 is 4.90 Å². The van der Waals surface area contributed by atoms with Gasteiger partial charge < -0.3 is 14.7 Å². The van der Waals surface area contributed by atoms with Crippen LogP contribution in [-0.2, 0) is 17.6 Å². The molecule has 1 aliphatic carbocycles. The van der Waals surface area contributed by atoms with Crippen molar-refractivity contribution >= 4 is 11.8 Å². The van der Waals surface area contributed by atoms with Crippen LogP contribution in [0.3, 0.4) is 0 Å². The number of aromatic nitrogens is 1. The number of fused-ring (bicyclic) bond motifs is 1. The van der Waals surface area contributed by atoms with Gasteiger partial charge in [0.15, 0.2) is 0 Å². The lowest BCUT2D eigenvalue weighted by Gasteiger charge is -2.55. The number of rotatable bonds is 2. The van der Waals surface area contributed by atoms with Crippen molar-refractivity contribution < 1.29 is 14.6 Å². The quantitative estimate of drug-likeness (QED) is 0.863. The topological polar surface area (TPSA) is 62.7 Å². The smallest absolute Gasteiger partial charge is 0.339 e. The Bertz CT molecular complexity index is 558. The average molecular weight is 260 g/mol. The van der Waals surface area contributed by atoms with Crippen LogP contribution in [0.15, 0.2) is 6.07 Å². The summed E-state index contributed by atoms with van der Waals surface area (Å²) in [6.07, 6.45) is 3.02. The van der Waals surface area contributed by atoms with E-state index in [1.807, 2.05) is 6.07 Å². The van der Waals surface area contributed by atoms with Crippen molar-refractivity contribution in [1.82, 2.24) is 4.98 Å². The third-order valence-corrected chi connectivity index (χ3v) is 4.43. The van der Waals surface area contributed by atoms with Crippen molar-refractivity contribution in [2.45, 2.75) is 19.3 Å². The zero-order valence-corrected chi connectivity index (χ0v) is 10.7. The number of ether oxygens (including phenoxy) is 1. The molecule has 0 saturated carbocycles. The van der Waals surface area contributed by atoms with E-state index in [0.717, 1.165) is 56.8 Å². The minimum Gasteiger partial charge on any atom is -0.478 e. The Morgan fingerprint density at radius 2 is 2.16 bits per heavy atom. The van der Waals surface area contributed by atoms with E-state index in [4.69, 9.17) is 4.74 Å². The predicted molar refractivity (Wildman–Crippen MR) is 68.7 cm³/mol. The molecule has 1 spiro atoms. The minimum absolute atomic E-state index is 0.274. The maximum absolute atomic E-state index is 11.4. The Morgan fingerprint density at radius 3 is 2.79 bits per heavy atom. The Balaban J connectivity index is 1.68. The second kappa shape index (κ2) is 3.70. The molecule has 0 amide bonds. The highest BCUT2D eigenvalue weighted by atomic mass is 16.5. The first-order valence-corrected chi connectivity index (χ1v) is 6.76. The fourth-order valence-electron chi connectivity index (χ4n) is 3.35. The van der Waals surface area contributed by atoms with Crippen molar-refractivity contribution in [1.29, 1.82) is 0 Å². The molecule has 1 aromatic heterocycles. The van der Waals surface area contributed by atoms with Crippen molar-refractivity contribution in [2.24, 2.45) is 5.41 Å². The van der Waals surface area contributed by atoms with Gasteiger partial charge in [-0.1, -0.05) is 0 Å². The first kappa shape index (κ1) is 11.2. The standard InChI is InChI=1S/C14H16N2O3/c17-13(18)10-4-9-2-1-3-11(9)15-12(10)16-5-14(6-16)7-19-8-14/h4H,1-3,5-8H2,(H,17,18). The summed E-state index contributed by atoms with van der Waals surface area (Å²) in [5.41, 5.74) is 2.83. The number of hydrogen-bond donors (Lipinski definition) is 1. The minimum atomic E-state index is -0.872. The van der Waals surface area contributed by atoms with E-state index in [2.05, 4.69) is 9.88 Å². The number of pyridine rings is 1. The molecule has 0 bridgehead atoms. The van der Waals surface area contributed by atoms with Crippen LogP contribution in [0.5, 0.6) is 0 Å². The van der Waals surface area contributed by atoms with Crippen LogP contribution in [-0.4, -0.2) is 42.4 Å². The molecular formula is C14H16N2O3. The number of nitrogens with zero attached hydrogens (tertiary/aromatic N) is 2. The van der Waals surface area contributed by atoms with E-state index >= 15 is 0 Å². The normalized spacial score (nSPS) is 22.8. The lowest BCUT2D eigenvalue weighted by molar-refractivity contribution is -0.127. The molecule has 0 atom stereocenters. The first-order valence-electron chi connectivity index (χ1n) is 6.76. The summed E-state index contributed by atoms with van der Waals surface area (Å²) in [6.45, 7) is 3.35. The Labute approximate surface area is 111 Å². The van der Waals surface area contributed by atoms with E-state index in [-0.39, 0.29) is 5.41 Å². The maximum atomic E-state index is 11.4. The van der Waals surface area contributed by atoms with Crippen LogP contribution in [0, 0.1) is 5.41 Å². The van der Waals surface area contributed by atoms with Crippen LogP contribution in [0.1, 0.15) is 28.0 Å². The molecule has 0 unspecified atom stereocenters. The highest BCUT2D eigenvalue weighted by Gasteiger charge is 2.50. The number of aromatic carboxylic acids is 1. The SMILES string of the molecule is O=C(O)c1cc2c(nc1N1CC3(COC3)C1)CCC2. The third-order valence-electron chi connectivity index (χ3n) is 4.43. The monoisotopic (exact) mass is 260 g/mol. The molecule has 3 aliphatic rings. The number of carboxylic acid groups (broad SMARTS) is 1. The highest BCUT2D eigenvalue weighted by Crippen LogP contribution is 2.41. The number of carbonyl (C=O) groups is 1. The summed E-state index contributed by atoms with van der Waals surface area (Å²) in [5.74, 6) is -0.214. The molecular weight excluding hydrogens is 244 g/mol. The molecule has 100 valence electrons. The van der Waals surface area contributed by atoms with Gasteiger partial charge in [-0.25, -0.2) is 9.78 Å². The van der Waals surface area contributed by atoms with Crippen molar-refractivity contribution in [3.05, 3.63) is 22.9 Å². The van der Waals surface area contributed by atoms with Crippen LogP contribution in [0.25, 0.3) is 0 Å². The largest absolute Gasteiger partial charge is 0.478 e. The second-order valence-corrected chi connectivity index (χ2v) is 5.97. The van der Waals surface area contributed by atoms with Crippen molar-refractivity contribution in [3.8, 4) is 0 Å². The van der Waals surface area contributed by atoms with E-state index in [9.17, 15) is 9.90 Å². The van der Waals surface area contributed by atoms with Crippen LogP contribution in [0.4, 0.5) is 5.82 Å². The van der Waals surface area contributed by atoms with E-state index in [1.54, 1.807) is 0 Å². The Kier molecular flexibility index (Phi) is 2.18. The fraction of sp³-hybridized carbons (Fsp3) is 0.571. The molecule has 1 aromatic rings. The summed E-state index contributed by atoms with van der Waals surface area (Å²) >= 11 is 0. The Hall–Kier alpha value is -1.62. The average Bonchev–Trinajstić information content (AvgIpc) is 2.70. The second-order valence-electron chi connectivity index (χ2n) is 5.97. The summed E-state index contributed by atoms with van der Waals surface area (Å²) in [5, 5.41) is 9.38. The molecule has 3 heterocycles. The molecule has 5 nitrogen and oxygen atoms in total. The Morgan fingerprint density at radius 1 is 1.37 bits per heavy atom. The summed E-state index contributed by atoms with van der Waals surface area (Å²) in [4.78, 5) is 18.1. The zero-order valence-electron chi connectivity index (χ0n) is 10.7. The lowest BCUT2D eigenvalue weighted by Crippen LogP contribution is -2.66. The highest BCUT2D eigenvalue weighted by molar-refractivity contribution is 5.94. The zero-order chi connectivity index (χ0) is 13.0. The molecule has 5 heteroatoms. The molecule has 19 heavy (non-hydrogen) atoms. The molecule has 2 saturated heterocycles. The van der Waals surface area contributed by atoms with Gasteiger partial charge in [-0.2, -0.15) is 0 Å². The summed E-state index contributed by atoms with van der Waals surface area (Å²) in [7, 11) is 0. The van der Waals surface area contributed by atoms with Gasteiger partial charge in [-0.15, -0.1) is 0 Å². The van der Waals surface area contributed by atoms with E-state index in [0.29, 0.717) is 11.4 Å². The van der Waals surface area contributed by atoms with Crippen LogP contribution >= 0.6 is 0 Å². The number of anilines is 1. The van der Waals surface area contributed by atoms with E-state index < -0.39 is 5.97 Å². The predicted octanol–water partition coefficient (Wildman–Crippen LogP) is 1.11. The van der Waals surface area contributed by atoms with Gasteiger partial charge in [0.2, 0.25) is 0 Å². The summed E-state index contributed by atoms with van der Waals surface area (Å²) < 4.78 is 5.25. The number of hydrogen-bond acceptors (Lipinski definition) is 4. The lowest BCUT2D eigenvalue weighted by atomic mass is 9.78. The maximum Gasteiger partial charge on any atom is 0.339 e. The number of carboxylic acids is 1. The van der Waals surface area contributed by atoms with Gasteiger partial charge >= 0.3 is 5.97 Å². The third kappa shape index (κ3) is 1.57. The number of aryl methyl sites for hydroxylation is 2. The van der Waals surface area contributed by atoms with Gasteiger partial charge in [0.1, 0.15) is 11.4 Å². The molecule has 2 fully saturated rings. The molecule has 1 N–H and O–H groups in total. The van der Waals surface area contributed by atoms with Gasteiger partial charge in [0.05, 0.1) is 18.6 Å². The van der Waals surface area contributed by atoms with E-state index in [1.165, 1.54) is 0 Å². The van der Waals surface area contributed by atoms with Crippen molar-refractivity contribution in [2.75, 3.05) is 31.2 Å². The molecule has 4 rings (SSSR count). The van der Waals surface area contributed by atoms with Gasteiger partial charge in [-0.3, -0.25) is 0 Å². The fourth-order valence-corrected chi connectivity index (χ4v) is 3.35. The van der Waals surface area contributed by atoms with Gasteiger partial charge in [0, 0.05) is 18.8 Å². The molecule has 2 aliphatic heterocycles. The molecule has 0 radical (unpaired) electrons. The van der Waals surface area contributed by atoms with Gasteiger partial charge in [-0.05, 0) is 30.9 Å². The summed E-state index contributed by atoms with van der Waals surface area (Å²) in [6, 6.07) is 1.83. The first-order chi connectivity index (χ1) is 9.17. The van der Waals surface area contributed by atoms with Crippen LogP contribution in [0.2, 0.25) is 0 Å². The molecule has 0 aromatic carbocycles.